The van der Waals surface area contributed by atoms with E-state index in [0.29, 0.717) is 16.4 Å². The van der Waals surface area contributed by atoms with Crippen LogP contribution in [-0.2, 0) is 0 Å². The van der Waals surface area contributed by atoms with Gasteiger partial charge in [0.25, 0.3) is 0 Å². The van der Waals surface area contributed by atoms with Gasteiger partial charge in [-0.3, -0.25) is 0 Å². The van der Waals surface area contributed by atoms with Crippen LogP contribution in [0.15, 0.2) is 48.2 Å². The fourth-order valence-corrected chi connectivity index (χ4v) is 3.17. The van der Waals surface area contributed by atoms with Gasteiger partial charge in [-0.1, -0.05) is 42.0 Å². The van der Waals surface area contributed by atoms with E-state index in [4.69, 9.17) is 11.6 Å². The second-order valence-electron chi connectivity index (χ2n) is 6.40. The topological polar surface area (TPSA) is 12.0 Å². The van der Waals surface area contributed by atoms with Gasteiger partial charge in [-0.15, -0.1) is 0 Å². The fraction of sp³-hybridized carbons (Fsp3) is 0.238. The zero-order chi connectivity index (χ0) is 18.0. The van der Waals surface area contributed by atoms with Crippen LogP contribution in [0.3, 0.4) is 0 Å². The van der Waals surface area contributed by atoms with E-state index in [1.807, 2.05) is 58.9 Å². The van der Waals surface area contributed by atoms with Crippen molar-refractivity contribution < 1.29 is 4.39 Å². The minimum Gasteiger partial charge on any atom is -0.353 e. The maximum absolute atomic E-state index is 14.3. The van der Waals surface area contributed by atoms with Crippen molar-refractivity contribution in [2.45, 2.75) is 34.6 Å². The molecule has 0 unspecified atom stereocenters. The Morgan fingerprint density at radius 2 is 1.71 bits per heavy atom. The molecule has 0 atom stereocenters. The Bertz CT molecular complexity index is 807. The molecule has 0 aromatic heterocycles. The van der Waals surface area contributed by atoms with E-state index >= 15 is 0 Å². The Morgan fingerprint density at radius 3 is 2.25 bits per heavy atom. The van der Waals surface area contributed by atoms with Crippen LogP contribution in [0.5, 0.6) is 0 Å². The molecule has 0 saturated heterocycles. The Hall–Kier alpha value is -2.06. The van der Waals surface area contributed by atoms with Gasteiger partial charge in [-0.25, -0.2) is 4.39 Å². The lowest BCUT2D eigenvalue weighted by atomic mass is 9.97. The van der Waals surface area contributed by atoms with Crippen LogP contribution < -0.4 is 5.32 Å². The van der Waals surface area contributed by atoms with Crippen LogP contribution in [0.2, 0.25) is 5.02 Å². The summed E-state index contributed by atoms with van der Waals surface area (Å²) < 4.78 is 14.3. The first-order chi connectivity index (χ1) is 11.2. The summed E-state index contributed by atoms with van der Waals surface area (Å²) in [6.07, 6.45) is 0. The highest BCUT2D eigenvalue weighted by atomic mass is 35.5. The van der Waals surface area contributed by atoms with Gasteiger partial charge in [0.2, 0.25) is 0 Å². The smallest absolute Gasteiger partial charge is 0.147 e. The summed E-state index contributed by atoms with van der Waals surface area (Å²) in [4.78, 5) is 0. The van der Waals surface area contributed by atoms with E-state index < -0.39 is 0 Å². The minimum atomic E-state index is -0.281. The highest BCUT2D eigenvalue weighted by Crippen LogP contribution is 2.33. The lowest BCUT2D eigenvalue weighted by Gasteiger charge is -2.19. The maximum atomic E-state index is 14.3. The summed E-state index contributed by atoms with van der Waals surface area (Å²) in [5.74, 6) is -0.281. The van der Waals surface area contributed by atoms with Crippen LogP contribution in [0.4, 0.5) is 10.1 Å². The molecule has 2 aromatic rings. The number of aryl methyl sites for hydroxylation is 3. The number of halogens is 2. The van der Waals surface area contributed by atoms with Crippen LogP contribution in [0.25, 0.3) is 5.57 Å². The third-order valence-electron chi connectivity index (χ3n) is 3.90. The van der Waals surface area contributed by atoms with Gasteiger partial charge in [-0.2, -0.15) is 0 Å². The lowest BCUT2D eigenvalue weighted by molar-refractivity contribution is 0.629. The van der Waals surface area contributed by atoms with Crippen molar-refractivity contribution in [3.8, 4) is 0 Å². The fourth-order valence-electron chi connectivity index (χ4n) is 2.84. The number of hydrogen-bond donors (Lipinski definition) is 1. The van der Waals surface area contributed by atoms with E-state index in [1.54, 1.807) is 0 Å². The molecule has 2 aromatic carbocycles. The van der Waals surface area contributed by atoms with Crippen molar-refractivity contribution in [1.82, 2.24) is 0 Å². The highest BCUT2D eigenvalue weighted by Gasteiger charge is 2.15. The molecule has 0 aliphatic heterocycles. The van der Waals surface area contributed by atoms with Crippen LogP contribution in [0.1, 0.15) is 36.1 Å². The second-order valence-corrected chi connectivity index (χ2v) is 6.81. The molecule has 24 heavy (non-hydrogen) atoms. The highest BCUT2D eigenvalue weighted by molar-refractivity contribution is 6.32. The monoisotopic (exact) mass is 343 g/mol. The standard InChI is InChI=1S/C21H23ClFN/c1-12(2)20(17-8-7-13(3)10-18(17)22)16(6)24-21-15(5)9-14(4)11-19(21)23/h7-11,24H,6H2,1-5H3. The van der Waals surface area contributed by atoms with Gasteiger partial charge < -0.3 is 5.32 Å². The number of nitrogens with one attached hydrogen (secondary N) is 1. The molecule has 0 fully saturated rings. The maximum Gasteiger partial charge on any atom is 0.147 e. The van der Waals surface area contributed by atoms with Crippen LogP contribution >= 0.6 is 11.6 Å². The third kappa shape index (κ3) is 3.88. The average molecular weight is 344 g/mol. The number of rotatable bonds is 4. The molecule has 0 amide bonds. The molecule has 3 heteroatoms. The van der Waals surface area contributed by atoms with Crippen LogP contribution in [0, 0.1) is 26.6 Å². The summed E-state index contributed by atoms with van der Waals surface area (Å²) in [6.45, 7) is 13.9. The van der Waals surface area contributed by atoms with E-state index in [-0.39, 0.29) is 5.82 Å². The molecule has 0 spiro atoms. The molecular formula is C21H23ClFN. The lowest BCUT2D eigenvalue weighted by Crippen LogP contribution is -2.06. The van der Waals surface area contributed by atoms with Gasteiger partial charge in [0.15, 0.2) is 0 Å². The zero-order valence-electron chi connectivity index (χ0n) is 14.8. The second kappa shape index (κ2) is 7.23. The average Bonchev–Trinajstić information content (AvgIpc) is 2.45. The van der Waals surface area contributed by atoms with Crippen molar-refractivity contribution in [1.29, 1.82) is 0 Å². The van der Waals surface area contributed by atoms with Crippen molar-refractivity contribution >= 4 is 22.9 Å². The summed E-state index contributed by atoms with van der Waals surface area (Å²) in [6, 6.07) is 9.37. The summed E-state index contributed by atoms with van der Waals surface area (Å²) in [7, 11) is 0. The molecule has 1 N–H and O–H groups in total. The molecule has 1 nitrogen and oxygen atoms in total. The first-order valence-electron chi connectivity index (χ1n) is 7.87. The van der Waals surface area contributed by atoms with Crippen molar-refractivity contribution in [3.63, 3.8) is 0 Å². The molecule has 0 radical (unpaired) electrons. The third-order valence-corrected chi connectivity index (χ3v) is 4.22. The Labute approximate surface area is 148 Å². The summed E-state index contributed by atoms with van der Waals surface area (Å²) >= 11 is 6.42. The van der Waals surface area contributed by atoms with Gasteiger partial charge in [-0.05, 0) is 63.4 Å². The van der Waals surface area contributed by atoms with Gasteiger partial charge >= 0.3 is 0 Å². The molecule has 0 heterocycles. The van der Waals surface area contributed by atoms with Crippen molar-refractivity contribution in [3.05, 3.63) is 81.3 Å². The van der Waals surface area contributed by atoms with Gasteiger partial charge in [0.05, 0.1) is 5.69 Å². The van der Waals surface area contributed by atoms with Crippen LogP contribution in [-0.4, -0.2) is 0 Å². The molecular weight excluding hydrogens is 321 g/mol. The molecule has 2 rings (SSSR count). The SMILES string of the molecule is C=C(Nc1c(C)cc(C)cc1F)C(=C(C)C)c1ccc(C)cc1Cl. The predicted molar refractivity (Wildman–Crippen MR) is 103 cm³/mol. The molecule has 0 bridgehead atoms. The van der Waals surface area contributed by atoms with E-state index in [2.05, 4.69) is 11.9 Å². The number of anilines is 1. The largest absolute Gasteiger partial charge is 0.353 e. The first-order valence-corrected chi connectivity index (χ1v) is 8.25. The summed E-state index contributed by atoms with van der Waals surface area (Å²) in [5.41, 5.74) is 6.77. The Morgan fingerprint density at radius 1 is 1.04 bits per heavy atom. The Balaban J connectivity index is 2.44. The number of allylic oxidation sites excluding steroid dienone is 2. The van der Waals surface area contributed by atoms with Gasteiger partial charge in [0, 0.05) is 21.9 Å². The molecule has 0 saturated carbocycles. The van der Waals surface area contributed by atoms with E-state index in [1.165, 1.54) is 6.07 Å². The normalized spacial score (nSPS) is 10.5. The minimum absolute atomic E-state index is 0.281. The zero-order valence-corrected chi connectivity index (χ0v) is 15.6. The summed E-state index contributed by atoms with van der Waals surface area (Å²) in [5, 5.41) is 3.80. The quantitative estimate of drug-likeness (QED) is 0.600. The molecule has 126 valence electrons. The van der Waals surface area contributed by atoms with Crippen molar-refractivity contribution in [2.24, 2.45) is 0 Å². The van der Waals surface area contributed by atoms with Gasteiger partial charge in [0.1, 0.15) is 5.82 Å². The number of benzene rings is 2. The molecule has 0 aliphatic carbocycles. The van der Waals surface area contributed by atoms with E-state index in [0.717, 1.165) is 33.4 Å². The van der Waals surface area contributed by atoms with Crippen molar-refractivity contribution in [2.75, 3.05) is 5.32 Å². The predicted octanol–water partition coefficient (Wildman–Crippen LogP) is 6.82. The first kappa shape index (κ1) is 18.3. The number of hydrogen-bond acceptors (Lipinski definition) is 1. The van der Waals surface area contributed by atoms with E-state index in [9.17, 15) is 4.39 Å². The Kier molecular flexibility index (Phi) is 5.51. The molecule has 0 aliphatic rings.